The molecule has 1 aliphatic heterocycles. The van der Waals surface area contributed by atoms with Gasteiger partial charge in [0.15, 0.2) is 0 Å². The van der Waals surface area contributed by atoms with Gasteiger partial charge in [-0.3, -0.25) is 4.68 Å². The van der Waals surface area contributed by atoms with Gasteiger partial charge in [-0.25, -0.2) is 0 Å². The normalized spacial score (nSPS) is 13.4. The fourth-order valence-corrected chi connectivity index (χ4v) is 3.63. The van der Waals surface area contributed by atoms with Crippen molar-refractivity contribution in [3.05, 3.63) is 40.7 Å². The van der Waals surface area contributed by atoms with Gasteiger partial charge in [0.25, 0.3) is 0 Å². The van der Waals surface area contributed by atoms with E-state index in [-0.39, 0.29) is 6.61 Å². The van der Waals surface area contributed by atoms with Crippen molar-refractivity contribution in [1.82, 2.24) is 9.78 Å². The number of fused-ring (bicyclic) bond motifs is 1. The van der Waals surface area contributed by atoms with E-state index in [4.69, 9.17) is 5.11 Å². The highest BCUT2D eigenvalue weighted by Crippen LogP contribution is 2.31. The molecule has 0 atom stereocenters. The molecule has 1 aromatic heterocycles. The Labute approximate surface area is 150 Å². The van der Waals surface area contributed by atoms with Crippen LogP contribution in [-0.4, -0.2) is 34.6 Å². The third kappa shape index (κ3) is 3.82. The standard InChI is InChI=1S/C20H30N4O/c1-4-5-9-23-10-8-17-6-7-18(13-20(17)23)21-14-19-15(2)22-24(11-12-25)16(19)3/h6-7,13,21,25H,4-5,8-12,14H2,1-3H3. The average Bonchev–Trinajstić information content (AvgIpc) is 3.13. The van der Waals surface area contributed by atoms with Gasteiger partial charge in [0, 0.05) is 42.3 Å². The van der Waals surface area contributed by atoms with Crippen LogP contribution in [0.5, 0.6) is 0 Å². The highest BCUT2D eigenvalue weighted by atomic mass is 16.3. The maximum atomic E-state index is 9.15. The van der Waals surface area contributed by atoms with Crippen molar-refractivity contribution in [3.8, 4) is 0 Å². The molecule has 2 heterocycles. The SMILES string of the molecule is CCCCN1CCc2ccc(NCc3c(C)nn(CCO)c3C)cc21. The van der Waals surface area contributed by atoms with E-state index in [0.29, 0.717) is 6.54 Å². The van der Waals surface area contributed by atoms with Gasteiger partial charge in [0.1, 0.15) is 0 Å². The summed E-state index contributed by atoms with van der Waals surface area (Å²) in [6, 6.07) is 6.74. The van der Waals surface area contributed by atoms with Crippen molar-refractivity contribution >= 4 is 11.4 Å². The molecule has 0 saturated heterocycles. The molecule has 2 N–H and O–H groups in total. The second kappa shape index (κ2) is 7.91. The summed E-state index contributed by atoms with van der Waals surface area (Å²) in [5.74, 6) is 0. The Kier molecular flexibility index (Phi) is 5.63. The van der Waals surface area contributed by atoms with Crippen LogP contribution in [0.4, 0.5) is 11.4 Å². The van der Waals surface area contributed by atoms with Crippen molar-refractivity contribution in [1.29, 1.82) is 0 Å². The van der Waals surface area contributed by atoms with Crippen LogP contribution in [0.2, 0.25) is 0 Å². The highest BCUT2D eigenvalue weighted by Gasteiger charge is 2.19. The molecule has 2 aromatic rings. The van der Waals surface area contributed by atoms with E-state index in [1.165, 1.54) is 29.7 Å². The Morgan fingerprint density at radius 1 is 1.24 bits per heavy atom. The van der Waals surface area contributed by atoms with E-state index in [2.05, 4.69) is 47.4 Å². The lowest BCUT2D eigenvalue weighted by Crippen LogP contribution is -2.21. The predicted molar refractivity (Wildman–Crippen MR) is 103 cm³/mol. The van der Waals surface area contributed by atoms with Crippen LogP contribution < -0.4 is 10.2 Å². The Morgan fingerprint density at radius 2 is 2.08 bits per heavy atom. The van der Waals surface area contributed by atoms with E-state index >= 15 is 0 Å². The number of aliphatic hydroxyl groups is 1. The summed E-state index contributed by atoms with van der Waals surface area (Å²) in [4.78, 5) is 2.51. The smallest absolute Gasteiger partial charge is 0.0646 e. The molecule has 0 bridgehead atoms. The summed E-state index contributed by atoms with van der Waals surface area (Å²) in [6.07, 6.45) is 3.64. The van der Waals surface area contributed by atoms with Crippen LogP contribution in [0.3, 0.4) is 0 Å². The lowest BCUT2D eigenvalue weighted by atomic mass is 10.1. The molecule has 1 aliphatic rings. The minimum Gasteiger partial charge on any atom is -0.394 e. The van der Waals surface area contributed by atoms with Gasteiger partial charge < -0.3 is 15.3 Å². The van der Waals surface area contributed by atoms with E-state index in [9.17, 15) is 0 Å². The lowest BCUT2D eigenvalue weighted by Gasteiger charge is -2.20. The first-order valence-electron chi connectivity index (χ1n) is 9.39. The fraction of sp³-hybridized carbons (Fsp3) is 0.550. The van der Waals surface area contributed by atoms with Gasteiger partial charge in [-0.1, -0.05) is 19.4 Å². The minimum absolute atomic E-state index is 0.118. The predicted octanol–water partition coefficient (Wildman–Crippen LogP) is 3.27. The van der Waals surface area contributed by atoms with E-state index in [0.717, 1.165) is 43.1 Å². The van der Waals surface area contributed by atoms with Crippen LogP contribution in [0, 0.1) is 13.8 Å². The molecule has 0 fully saturated rings. The van der Waals surface area contributed by atoms with Crippen molar-refractivity contribution in [3.63, 3.8) is 0 Å². The molecule has 136 valence electrons. The number of nitrogens with one attached hydrogen (secondary N) is 1. The number of hydrogen-bond donors (Lipinski definition) is 2. The van der Waals surface area contributed by atoms with Crippen molar-refractivity contribution in [2.45, 2.75) is 53.1 Å². The molecule has 0 unspecified atom stereocenters. The first-order valence-corrected chi connectivity index (χ1v) is 9.39. The van der Waals surface area contributed by atoms with Gasteiger partial charge in [0.2, 0.25) is 0 Å². The molecule has 0 radical (unpaired) electrons. The summed E-state index contributed by atoms with van der Waals surface area (Å²) < 4.78 is 1.89. The molecule has 0 amide bonds. The van der Waals surface area contributed by atoms with Crippen LogP contribution in [0.25, 0.3) is 0 Å². The van der Waals surface area contributed by atoms with Crippen molar-refractivity contribution in [2.75, 3.05) is 29.9 Å². The first-order chi connectivity index (χ1) is 12.1. The summed E-state index contributed by atoms with van der Waals surface area (Å²) >= 11 is 0. The summed E-state index contributed by atoms with van der Waals surface area (Å²) in [5.41, 5.74) is 7.40. The zero-order chi connectivity index (χ0) is 17.8. The quantitative estimate of drug-likeness (QED) is 0.773. The number of hydrogen-bond acceptors (Lipinski definition) is 4. The second-order valence-electron chi connectivity index (χ2n) is 6.88. The molecule has 5 nitrogen and oxygen atoms in total. The Balaban J connectivity index is 1.70. The van der Waals surface area contributed by atoms with Gasteiger partial charge in [-0.2, -0.15) is 5.10 Å². The molecular weight excluding hydrogens is 312 g/mol. The molecule has 0 spiro atoms. The molecule has 1 aromatic carbocycles. The molecule has 5 heteroatoms. The third-order valence-corrected chi connectivity index (χ3v) is 5.17. The van der Waals surface area contributed by atoms with Gasteiger partial charge in [-0.05, 0) is 44.4 Å². The van der Waals surface area contributed by atoms with Crippen molar-refractivity contribution < 1.29 is 5.11 Å². The third-order valence-electron chi connectivity index (χ3n) is 5.17. The van der Waals surface area contributed by atoms with Crippen LogP contribution in [0.15, 0.2) is 18.2 Å². The number of benzene rings is 1. The number of anilines is 2. The van der Waals surface area contributed by atoms with Crippen LogP contribution in [-0.2, 0) is 19.5 Å². The second-order valence-corrected chi connectivity index (χ2v) is 6.88. The van der Waals surface area contributed by atoms with Gasteiger partial charge in [-0.15, -0.1) is 0 Å². The monoisotopic (exact) mass is 342 g/mol. The Morgan fingerprint density at radius 3 is 2.84 bits per heavy atom. The average molecular weight is 342 g/mol. The van der Waals surface area contributed by atoms with E-state index in [1.54, 1.807) is 0 Å². The molecular formula is C20H30N4O. The summed E-state index contributed by atoms with van der Waals surface area (Å²) in [6.45, 7) is 10.1. The molecule has 3 rings (SSSR count). The molecule has 0 saturated carbocycles. The van der Waals surface area contributed by atoms with Crippen LogP contribution >= 0.6 is 0 Å². The topological polar surface area (TPSA) is 53.3 Å². The zero-order valence-corrected chi connectivity index (χ0v) is 15.7. The molecule has 25 heavy (non-hydrogen) atoms. The summed E-state index contributed by atoms with van der Waals surface area (Å²) in [5, 5.41) is 17.2. The minimum atomic E-state index is 0.118. The first kappa shape index (κ1) is 17.8. The largest absolute Gasteiger partial charge is 0.394 e. The van der Waals surface area contributed by atoms with E-state index in [1.807, 2.05) is 11.6 Å². The number of aliphatic hydroxyl groups excluding tert-OH is 1. The number of unbranched alkanes of at least 4 members (excludes halogenated alkanes) is 1. The molecule has 0 aliphatic carbocycles. The number of aryl methyl sites for hydroxylation is 1. The maximum Gasteiger partial charge on any atom is 0.0646 e. The zero-order valence-electron chi connectivity index (χ0n) is 15.7. The highest BCUT2D eigenvalue weighted by molar-refractivity contribution is 5.65. The fourth-order valence-electron chi connectivity index (χ4n) is 3.63. The Hall–Kier alpha value is -2.01. The number of nitrogens with zero attached hydrogens (tertiary/aromatic N) is 3. The van der Waals surface area contributed by atoms with Crippen molar-refractivity contribution in [2.24, 2.45) is 0 Å². The maximum absolute atomic E-state index is 9.15. The Bertz CT molecular complexity index is 723. The summed E-state index contributed by atoms with van der Waals surface area (Å²) in [7, 11) is 0. The lowest BCUT2D eigenvalue weighted by molar-refractivity contribution is 0.268. The van der Waals surface area contributed by atoms with Gasteiger partial charge >= 0.3 is 0 Å². The number of aromatic nitrogens is 2. The van der Waals surface area contributed by atoms with E-state index < -0.39 is 0 Å². The van der Waals surface area contributed by atoms with Gasteiger partial charge in [0.05, 0.1) is 18.8 Å². The number of rotatable bonds is 8. The van der Waals surface area contributed by atoms with Crippen LogP contribution in [0.1, 0.15) is 42.3 Å².